The number of anilines is 2. The second-order valence-corrected chi connectivity index (χ2v) is 6.34. The molecular weight excluding hydrogens is 312 g/mol. The van der Waals surface area contributed by atoms with Crippen molar-refractivity contribution in [2.24, 2.45) is 5.92 Å². The van der Waals surface area contributed by atoms with Gasteiger partial charge in [-0.2, -0.15) is 0 Å². The van der Waals surface area contributed by atoms with Crippen molar-refractivity contribution in [2.45, 2.75) is 26.7 Å². The molecule has 0 N–H and O–H groups in total. The minimum Gasteiger partial charge on any atom is -0.312 e. The Kier molecular flexibility index (Phi) is 5.17. The number of rotatable bonds is 5. The normalized spacial score (nSPS) is 17.0. The molecular formula is C21H24N2O2. The zero-order chi connectivity index (χ0) is 17.8. The van der Waals surface area contributed by atoms with Gasteiger partial charge in [0.15, 0.2) is 0 Å². The van der Waals surface area contributed by atoms with Gasteiger partial charge in [0, 0.05) is 30.9 Å². The van der Waals surface area contributed by atoms with Crippen LogP contribution >= 0.6 is 0 Å². The molecule has 2 aromatic carbocycles. The van der Waals surface area contributed by atoms with Gasteiger partial charge in [0.25, 0.3) is 0 Å². The predicted molar refractivity (Wildman–Crippen MR) is 101 cm³/mol. The molecule has 1 atom stereocenters. The number of hydrogen-bond acceptors (Lipinski definition) is 2. The molecule has 0 bridgehead atoms. The molecule has 25 heavy (non-hydrogen) atoms. The van der Waals surface area contributed by atoms with Gasteiger partial charge in [-0.3, -0.25) is 9.59 Å². The molecule has 4 heteroatoms. The molecule has 2 amide bonds. The average molecular weight is 336 g/mol. The minimum atomic E-state index is -0.293. The lowest BCUT2D eigenvalue weighted by Gasteiger charge is -2.24. The van der Waals surface area contributed by atoms with E-state index in [1.165, 1.54) is 5.56 Å². The van der Waals surface area contributed by atoms with Crippen LogP contribution in [-0.4, -0.2) is 24.9 Å². The third-order valence-corrected chi connectivity index (χ3v) is 4.78. The molecule has 1 heterocycles. The second-order valence-electron chi connectivity index (χ2n) is 6.34. The van der Waals surface area contributed by atoms with E-state index in [1.807, 2.05) is 61.5 Å². The molecule has 0 aliphatic carbocycles. The third-order valence-electron chi connectivity index (χ3n) is 4.78. The smallest absolute Gasteiger partial charge is 0.232 e. The summed E-state index contributed by atoms with van der Waals surface area (Å²) in [5.41, 5.74) is 3.00. The summed E-state index contributed by atoms with van der Waals surface area (Å²) in [7, 11) is 0. The van der Waals surface area contributed by atoms with Crippen LogP contribution in [0.1, 0.15) is 25.8 Å². The fourth-order valence-corrected chi connectivity index (χ4v) is 3.33. The van der Waals surface area contributed by atoms with Crippen LogP contribution in [0.4, 0.5) is 11.4 Å². The van der Waals surface area contributed by atoms with E-state index in [-0.39, 0.29) is 24.2 Å². The molecule has 1 fully saturated rings. The summed E-state index contributed by atoms with van der Waals surface area (Å²) < 4.78 is 0. The number of benzene rings is 2. The van der Waals surface area contributed by atoms with Crippen LogP contribution in [0.15, 0.2) is 54.6 Å². The van der Waals surface area contributed by atoms with E-state index in [9.17, 15) is 9.59 Å². The van der Waals surface area contributed by atoms with Gasteiger partial charge in [0.2, 0.25) is 11.8 Å². The molecule has 1 aliphatic heterocycles. The second kappa shape index (κ2) is 7.51. The standard InChI is InChI=1S/C21H24N2O2/c1-3-16-10-12-19(13-11-16)23-15-17(14-20(23)24)21(25)22(4-2)18-8-6-5-7-9-18/h5-13,17H,3-4,14-15H2,1-2H3. The van der Waals surface area contributed by atoms with Crippen molar-refractivity contribution < 1.29 is 9.59 Å². The van der Waals surface area contributed by atoms with Gasteiger partial charge in [-0.1, -0.05) is 37.3 Å². The van der Waals surface area contributed by atoms with Crippen LogP contribution in [0, 0.1) is 5.92 Å². The molecule has 3 rings (SSSR count). The van der Waals surface area contributed by atoms with E-state index >= 15 is 0 Å². The van der Waals surface area contributed by atoms with Crippen LogP contribution in [0.3, 0.4) is 0 Å². The first-order valence-corrected chi connectivity index (χ1v) is 8.89. The number of carbonyl (C=O) groups excluding carboxylic acids is 2. The fraction of sp³-hybridized carbons (Fsp3) is 0.333. The number of hydrogen-bond donors (Lipinski definition) is 0. The molecule has 130 valence electrons. The van der Waals surface area contributed by atoms with E-state index in [0.717, 1.165) is 17.8 Å². The molecule has 0 aromatic heterocycles. The van der Waals surface area contributed by atoms with E-state index in [2.05, 4.69) is 6.92 Å². The maximum atomic E-state index is 12.9. The van der Waals surface area contributed by atoms with Crippen LogP contribution in [0.25, 0.3) is 0 Å². The highest BCUT2D eigenvalue weighted by atomic mass is 16.2. The Labute approximate surface area is 149 Å². The first kappa shape index (κ1) is 17.2. The lowest BCUT2D eigenvalue weighted by molar-refractivity contribution is -0.124. The summed E-state index contributed by atoms with van der Waals surface area (Å²) in [6.45, 7) is 5.11. The molecule has 0 spiro atoms. The lowest BCUT2D eigenvalue weighted by atomic mass is 10.1. The Balaban J connectivity index is 1.75. The van der Waals surface area contributed by atoms with Crippen molar-refractivity contribution in [1.82, 2.24) is 0 Å². The largest absolute Gasteiger partial charge is 0.312 e. The molecule has 0 saturated carbocycles. The third kappa shape index (κ3) is 3.58. The Hall–Kier alpha value is -2.62. The summed E-state index contributed by atoms with van der Waals surface area (Å²) in [5, 5.41) is 0. The van der Waals surface area contributed by atoms with Crippen molar-refractivity contribution >= 4 is 23.2 Å². The van der Waals surface area contributed by atoms with E-state index in [0.29, 0.717) is 13.1 Å². The summed E-state index contributed by atoms with van der Waals surface area (Å²) in [6, 6.07) is 17.7. The lowest BCUT2D eigenvalue weighted by Crippen LogP contribution is -2.37. The predicted octanol–water partition coefficient (Wildman–Crippen LogP) is 3.66. The van der Waals surface area contributed by atoms with Crippen molar-refractivity contribution in [3.05, 3.63) is 60.2 Å². The van der Waals surface area contributed by atoms with Gasteiger partial charge in [-0.25, -0.2) is 0 Å². The van der Waals surface area contributed by atoms with Crippen molar-refractivity contribution in [1.29, 1.82) is 0 Å². The van der Waals surface area contributed by atoms with E-state index in [4.69, 9.17) is 0 Å². The number of aryl methyl sites for hydroxylation is 1. The van der Waals surface area contributed by atoms with Gasteiger partial charge < -0.3 is 9.80 Å². The van der Waals surface area contributed by atoms with Crippen LogP contribution in [0.5, 0.6) is 0 Å². The highest BCUT2D eigenvalue weighted by Crippen LogP contribution is 2.28. The topological polar surface area (TPSA) is 40.6 Å². The molecule has 2 aromatic rings. The highest BCUT2D eigenvalue weighted by molar-refractivity contribution is 6.04. The molecule has 4 nitrogen and oxygen atoms in total. The maximum Gasteiger partial charge on any atom is 0.232 e. The summed E-state index contributed by atoms with van der Waals surface area (Å²) in [4.78, 5) is 28.9. The Morgan fingerprint density at radius 3 is 2.36 bits per heavy atom. The van der Waals surface area contributed by atoms with Gasteiger partial charge in [0.05, 0.1) is 5.92 Å². The zero-order valence-electron chi connectivity index (χ0n) is 14.8. The summed E-state index contributed by atoms with van der Waals surface area (Å²) in [6.07, 6.45) is 1.25. The van der Waals surface area contributed by atoms with Crippen molar-refractivity contribution in [2.75, 3.05) is 22.9 Å². The van der Waals surface area contributed by atoms with Crippen molar-refractivity contribution in [3.8, 4) is 0 Å². The number of nitrogens with zero attached hydrogens (tertiary/aromatic N) is 2. The van der Waals surface area contributed by atoms with Crippen molar-refractivity contribution in [3.63, 3.8) is 0 Å². The van der Waals surface area contributed by atoms with Gasteiger partial charge in [-0.15, -0.1) is 0 Å². The number of amides is 2. The first-order valence-electron chi connectivity index (χ1n) is 8.89. The zero-order valence-corrected chi connectivity index (χ0v) is 14.8. The van der Waals surface area contributed by atoms with E-state index in [1.54, 1.807) is 9.80 Å². The molecule has 1 saturated heterocycles. The minimum absolute atomic E-state index is 0.0201. The SMILES string of the molecule is CCc1ccc(N2CC(C(=O)N(CC)c3ccccc3)CC2=O)cc1. The Bertz CT molecular complexity index is 740. The number of para-hydroxylation sites is 1. The fourth-order valence-electron chi connectivity index (χ4n) is 3.33. The first-order chi connectivity index (χ1) is 12.1. The quantitative estimate of drug-likeness (QED) is 0.836. The summed E-state index contributed by atoms with van der Waals surface area (Å²) in [5.74, 6) is -0.250. The molecule has 1 aliphatic rings. The van der Waals surface area contributed by atoms with Gasteiger partial charge in [0.1, 0.15) is 0 Å². The Morgan fingerprint density at radius 1 is 1.08 bits per heavy atom. The molecule has 0 radical (unpaired) electrons. The van der Waals surface area contributed by atoms with E-state index < -0.39 is 0 Å². The van der Waals surface area contributed by atoms with Crippen LogP contribution in [0.2, 0.25) is 0 Å². The molecule has 1 unspecified atom stereocenters. The monoisotopic (exact) mass is 336 g/mol. The van der Waals surface area contributed by atoms with Gasteiger partial charge >= 0.3 is 0 Å². The average Bonchev–Trinajstić information content (AvgIpc) is 3.05. The Morgan fingerprint density at radius 2 is 1.76 bits per heavy atom. The number of carbonyl (C=O) groups is 2. The highest BCUT2D eigenvalue weighted by Gasteiger charge is 2.37. The van der Waals surface area contributed by atoms with Crippen LogP contribution in [-0.2, 0) is 16.0 Å². The maximum absolute atomic E-state index is 12.9. The van der Waals surface area contributed by atoms with Gasteiger partial charge in [-0.05, 0) is 43.2 Å². The van der Waals surface area contributed by atoms with Crippen LogP contribution < -0.4 is 9.80 Å². The summed E-state index contributed by atoms with van der Waals surface area (Å²) >= 11 is 0.